The molecule has 0 saturated carbocycles. The second kappa shape index (κ2) is 10.5. The summed E-state index contributed by atoms with van der Waals surface area (Å²) in [6, 6.07) is 6.23. The van der Waals surface area contributed by atoms with Crippen LogP contribution in [0.25, 0.3) is 0 Å². The lowest BCUT2D eigenvalue weighted by molar-refractivity contribution is -0.145. The minimum absolute atomic E-state index is 0.0722. The Morgan fingerprint density at radius 3 is 2.79 bits per heavy atom. The highest BCUT2D eigenvalue weighted by atomic mass is 35.5. The topological polar surface area (TPSA) is 99.1 Å². The largest absolute Gasteiger partial charge is 0.493 e. The molecule has 0 radical (unpaired) electrons. The summed E-state index contributed by atoms with van der Waals surface area (Å²) < 4.78 is 15.4. The summed E-state index contributed by atoms with van der Waals surface area (Å²) >= 11 is 12.1. The Kier molecular flexibility index (Phi) is 8.03. The van der Waals surface area contributed by atoms with Crippen LogP contribution >= 0.6 is 23.2 Å². The first-order valence-electron chi connectivity index (χ1n) is 8.06. The van der Waals surface area contributed by atoms with Crippen LogP contribution in [0.3, 0.4) is 0 Å². The zero-order valence-corrected chi connectivity index (χ0v) is 16.6. The highest BCUT2D eigenvalue weighted by Gasteiger charge is 2.14. The van der Waals surface area contributed by atoms with Crippen molar-refractivity contribution >= 4 is 41.3 Å². The maximum atomic E-state index is 12.0. The second-order valence-corrected chi connectivity index (χ2v) is 5.93. The van der Waals surface area contributed by atoms with Crippen molar-refractivity contribution in [2.24, 2.45) is 5.10 Å². The zero-order valence-electron chi connectivity index (χ0n) is 15.1. The van der Waals surface area contributed by atoms with E-state index >= 15 is 0 Å². The third kappa shape index (κ3) is 5.83. The van der Waals surface area contributed by atoms with E-state index in [1.807, 2.05) is 0 Å². The van der Waals surface area contributed by atoms with E-state index in [1.165, 1.54) is 31.7 Å². The van der Waals surface area contributed by atoms with Gasteiger partial charge in [-0.3, -0.25) is 4.79 Å². The molecule has 0 spiro atoms. The van der Waals surface area contributed by atoms with Crippen LogP contribution in [0.1, 0.15) is 22.8 Å². The Morgan fingerprint density at radius 1 is 1.32 bits per heavy atom. The first-order chi connectivity index (χ1) is 13.5. The number of amides is 1. The molecule has 10 heteroatoms. The van der Waals surface area contributed by atoms with Crippen LogP contribution in [0.5, 0.6) is 11.5 Å². The molecule has 148 valence electrons. The number of rotatable bonds is 8. The number of hydrogen-bond donors (Lipinski definition) is 1. The number of nitrogens with zero attached hydrogens (tertiary/aromatic N) is 2. The molecule has 28 heavy (non-hydrogen) atoms. The van der Waals surface area contributed by atoms with Gasteiger partial charge in [0.05, 0.1) is 30.5 Å². The van der Waals surface area contributed by atoms with Gasteiger partial charge in [0.2, 0.25) is 0 Å². The van der Waals surface area contributed by atoms with Crippen LogP contribution in [0, 0.1) is 0 Å². The van der Waals surface area contributed by atoms with Gasteiger partial charge in [-0.15, -0.1) is 0 Å². The van der Waals surface area contributed by atoms with Crippen LogP contribution in [0.15, 0.2) is 35.6 Å². The van der Waals surface area contributed by atoms with E-state index in [2.05, 4.69) is 15.5 Å². The van der Waals surface area contributed by atoms with Crippen LogP contribution in [-0.2, 0) is 9.53 Å². The van der Waals surface area contributed by atoms with Gasteiger partial charge in [-0.25, -0.2) is 15.2 Å². The van der Waals surface area contributed by atoms with Crippen molar-refractivity contribution < 1.29 is 23.8 Å². The number of nitrogens with one attached hydrogen (secondary N) is 1. The predicted octanol–water partition coefficient (Wildman–Crippen LogP) is 3.10. The lowest BCUT2D eigenvalue weighted by Gasteiger charge is -2.12. The maximum absolute atomic E-state index is 12.0. The number of carbonyl (C=O) groups excluding carboxylic acids is 2. The molecule has 1 aromatic carbocycles. The molecule has 0 bridgehead atoms. The van der Waals surface area contributed by atoms with Crippen molar-refractivity contribution in [2.45, 2.75) is 6.92 Å². The summed E-state index contributed by atoms with van der Waals surface area (Å²) in [4.78, 5) is 27.3. The molecular weight excluding hydrogens is 409 g/mol. The minimum atomic E-state index is -0.525. The van der Waals surface area contributed by atoms with Crippen molar-refractivity contribution in [2.75, 3.05) is 20.3 Å². The summed E-state index contributed by atoms with van der Waals surface area (Å²) in [5.74, 6) is -0.551. The van der Waals surface area contributed by atoms with Crippen molar-refractivity contribution in [1.29, 1.82) is 0 Å². The quantitative estimate of drug-likeness (QED) is 0.302. The molecule has 1 aromatic heterocycles. The van der Waals surface area contributed by atoms with E-state index in [0.29, 0.717) is 11.3 Å². The van der Waals surface area contributed by atoms with Crippen molar-refractivity contribution in [3.05, 3.63) is 51.8 Å². The molecule has 8 nitrogen and oxygen atoms in total. The number of benzene rings is 1. The number of esters is 1. The van der Waals surface area contributed by atoms with Gasteiger partial charge in [0.25, 0.3) is 5.91 Å². The van der Waals surface area contributed by atoms with Crippen molar-refractivity contribution in [1.82, 2.24) is 10.4 Å². The van der Waals surface area contributed by atoms with Crippen LogP contribution < -0.4 is 14.9 Å². The molecule has 0 aliphatic rings. The molecule has 1 N–H and O–H groups in total. The zero-order chi connectivity index (χ0) is 20.5. The fraction of sp³-hybridized carbons (Fsp3) is 0.222. The van der Waals surface area contributed by atoms with Gasteiger partial charge in [-0.05, 0) is 36.8 Å². The van der Waals surface area contributed by atoms with Gasteiger partial charge in [-0.1, -0.05) is 23.2 Å². The maximum Gasteiger partial charge on any atom is 0.344 e. The first-order valence-corrected chi connectivity index (χ1v) is 8.81. The summed E-state index contributed by atoms with van der Waals surface area (Å²) in [7, 11) is 1.43. The number of aromatic nitrogens is 1. The predicted molar refractivity (Wildman–Crippen MR) is 104 cm³/mol. The number of hydrazone groups is 1. The van der Waals surface area contributed by atoms with E-state index < -0.39 is 11.9 Å². The molecular formula is C18H17Cl2N3O5. The van der Waals surface area contributed by atoms with Gasteiger partial charge < -0.3 is 14.2 Å². The summed E-state index contributed by atoms with van der Waals surface area (Å²) in [6.45, 7) is 1.64. The average molecular weight is 426 g/mol. The third-order valence-corrected chi connectivity index (χ3v) is 3.86. The van der Waals surface area contributed by atoms with Crippen LogP contribution in [-0.4, -0.2) is 43.4 Å². The molecule has 0 fully saturated rings. The van der Waals surface area contributed by atoms with Gasteiger partial charge in [0, 0.05) is 6.20 Å². The number of hydrogen-bond acceptors (Lipinski definition) is 7. The second-order valence-electron chi connectivity index (χ2n) is 5.17. The number of carbonyl (C=O) groups is 2. The van der Waals surface area contributed by atoms with E-state index in [9.17, 15) is 9.59 Å². The summed E-state index contributed by atoms with van der Waals surface area (Å²) in [5, 5.41) is 4.14. The Labute approximate surface area is 171 Å². The fourth-order valence-electron chi connectivity index (χ4n) is 2.07. The lowest BCUT2D eigenvalue weighted by atomic mass is 10.2. The third-order valence-electron chi connectivity index (χ3n) is 3.27. The molecule has 0 aliphatic heterocycles. The van der Waals surface area contributed by atoms with E-state index in [0.717, 1.165) is 0 Å². The summed E-state index contributed by atoms with van der Waals surface area (Å²) in [5.41, 5.74) is 3.07. The molecule has 0 aliphatic carbocycles. The van der Waals surface area contributed by atoms with Gasteiger partial charge >= 0.3 is 5.97 Å². The average Bonchev–Trinajstić information content (AvgIpc) is 2.67. The summed E-state index contributed by atoms with van der Waals surface area (Å²) in [6.07, 6.45) is 2.84. The number of pyridine rings is 1. The van der Waals surface area contributed by atoms with Gasteiger partial charge in [0.1, 0.15) is 5.15 Å². The molecule has 2 rings (SSSR count). The highest BCUT2D eigenvalue weighted by Crippen LogP contribution is 2.36. The number of methoxy groups -OCH3 is 1. The Morgan fingerprint density at radius 2 is 2.11 bits per heavy atom. The number of ether oxygens (including phenoxy) is 3. The minimum Gasteiger partial charge on any atom is -0.493 e. The van der Waals surface area contributed by atoms with Gasteiger partial charge in [0.15, 0.2) is 18.1 Å². The smallest absolute Gasteiger partial charge is 0.344 e. The van der Waals surface area contributed by atoms with E-state index in [-0.39, 0.29) is 34.7 Å². The Bertz CT molecular complexity index is 890. The van der Waals surface area contributed by atoms with Crippen molar-refractivity contribution in [3.63, 3.8) is 0 Å². The Hall–Kier alpha value is -2.84. The SMILES string of the molecule is CCOC(=O)COc1c(Cl)cc(C=NNC(=O)c2cccnc2Cl)cc1OC. The molecule has 2 aromatic rings. The van der Waals surface area contributed by atoms with Crippen LogP contribution in [0.4, 0.5) is 0 Å². The first kappa shape index (κ1) is 21.5. The standard InChI is InChI=1S/C18H17Cl2N3O5/c1-3-27-15(24)10-28-16-13(19)7-11(8-14(16)26-2)9-22-23-18(25)12-5-4-6-21-17(12)20/h4-9H,3,10H2,1-2H3,(H,23,25). The molecule has 1 amide bonds. The Balaban J connectivity index is 2.09. The van der Waals surface area contributed by atoms with Crippen molar-refractivity contribution in [3.8, 4) is 11.5 Å². The number of halogens is 2. The van der Waals surface area contributed by atoms with Gasteiger partial charge in [-0.2, -0.15) is 5.10 Å². The highest BCUT2D eigenvalue weighted by molar-refractivity contribution is 6.33. The molecule has 0 unspecified atom stereocenters. The fourth-order valence-corrected chi connectivity index (χ4v) is 2.55. The lowest BCUT2D eigenvalue weighted by Crippen LogP contribution is -2.18. The van der Waals surface area contributed by atoms with E-state index in [1.54, 1.807) is 19.1 Å². The molecule has 0 atom stereocenters. The molecule has 1 heterocycles. The van der Waals surface area contributed by atoms with E-state index in [4.69, 9.17) is 37.4 Å². The monoisotopic (exact) mass is 425 g/mol. The molecule has 0 saturated heterocycles. The normalized spacial score (nSPS) is 10.6. The van der Waals surface area contributed by atoms with Crippen LogP contribution in [0.2, 0.25) is 10.2 Å².